The smallest absolute Gasteiger partial charge is 0.267 e. The average molecular weight is 295 g/mol. The molecule has 7 nitrogen and oxygen atoms in total. The number of hydrogen-bond acceptors (Lipinski definition) is 4. The number of carbonyl (C=O) groups excluding carboxylic acids is 1. The van der Waals surface area contributed by atoms with Crippen LogP contribution in [0.3, 0.4) is 0 Å². The molecule has 0 bridgehead atoms. The third-order valence-corrected chi connectivity index (χ3v) is 3.34. The molecule has 0 saturated carbocycles. The van der Waals surface area contributed by atoms with Gasteiger partial charge in [0.1, 0.15) is 18.4 Å². The molecule has 0 radical (unpaired) electrons. The lowest BCUT2D eigenvalue weighted by Gasteiger charge is -2.31. The molecule has 0 aliphatic heterocycles. The van der Waals surface area contributed by atoms with Crippen LogP contribution in [0.4, 0.5) is 0 Å². The maximum Gasteiger partial charge on any atom is 0.267 e. The fraction of sp³-hybridized carbons (Fsp3) is 0.727. The molecule has 19 heavy (non-hydrogen) atoms. The van der Waals surface area contributed by atoms with E-state index in [1.54, 1.807) is 0 Å². The van der Waals surface area contributed by atoms with E-state index in [0.29, 0.717) is 24.0 Å². The fourth-order valence-electron chi connectivity index (χ4n) is 1.75. The van der Waals surface area contributed by atoms with Crippen LogP contribution in [0.1, 0.15) is 6.42 Å². The molecule has 3 N–H and O–H groups in total. The average Bonchev–Trinajstić information content (AvgIpc) is 2.20. The number of amides is 1. The third kappa shape index (κ3) is 10.6. The highest BCUT2D eigenvalue weighted by atomic mass is 32.2. The molecule has 0 fully saturated rings. The SMILES string of the molecule is C=CC(=O)NCCC[N+](C)(C)CC(O)CS(=O)(=O)O. The molecule has 112 valence electrons. The van der Waals surface area contributed by atoms with E-state index in [4.69, 9.17) is 4.55 Å². The number of nitrogens with one attached hydrogen (secondary N) is 1. The fourth-order valence-corrected chi connectivity index (χ4v) is 2.34. The van der Waals surface area contributed by atoms with Gasteiger partial charge in [-0.3, -0.25) is 9.35 Å². The zero-order chi connectivity index (χ0) is 15.1. The van der Waals surface area contributed by atoms with E-state index in [1.165, 1.54) is 6.08 Å². The van der Waals surface area contributed by atoms with Crippen LogP contribution in [0.25, 0.3) is 0 Å². The topological polar surface area (TPSA) is 104 Å². The van der Waals surface area contributed by atoms with E-state index in [-0.39, 0.29) is 12.5 Å². The van der Waals surface area contributed by atoms with Gasteiger partial charge in [-0.2, -0.15) is 8.42 Å². The Kier molecular flexibility index (Phi) is 7.20. The lowest BCUT2D eigenvalue weighted by molar-refractivity contribution is -0.893. The summed E-state index contributed by atoms with van der Waals surface area (Å²) >= 11 is 0. The Balaban J connectivity index is 4.04. The number of nitrogens with zero attached hydrogens (tertiary/aromatic N) is 1. The maximum atomic E-state index is 10.9. The van der Waals surface area contributed by atoms with Crippen molar-refractivity contribution in [2.75, 3.05) is 39.5 Å². The van der Waals surface area contributed by atoms with E-state index in [2.05, 4.69) is 11.9 Å². The summed E-state index contributed by atoms with van der Waals surface area (Å²) in [6, 6.07) is 0. The first-order valence-electron chi connectivity index (χ1n) is 5.91. The van der Waals surface area contributed by atoms with E-state index >= 15 is 0 Å². The van der Waals surface area contributed by atoms with E-state index in [9.17, 15) is 18.3 Å². The highest BCUT2D eigenvalue weighted by Gasteiger charge is 2.23. The van der Waals surface area contributed by atoms with Gasteiger partial charge in [0.2, 0.25) is 5.91 Å². The summed E-state index contributed by atoms with van der Waals surface area (Å²) in [7, 11) is -0.492. The number of rotatable bonds is 9. The van der Waals surface area contributed by atoms with Gasteiger partial charge in [-0.15, -0.1) is 0 Å². The second-order valence-electron chi connectivity index (χ2n) is 5.09. The van der Waals surface area contributed by atoms with Gasteiger partial charge in [0.05, 0.1) is 20.6 Å². The Labute approximate surface area is 114 Å². The molecule has 0 aromatic heterocycles. The Morgan fingerprint density at radius 1 is 1.47 bits per heavy atom. The summed E-state index contributed by atoms with van der Waals surface area (Å²) in [5.74, 6) is -0.904. The minimum Gasteiger partial charge on any atom is -0.386 e. The van der Waals surface area contributed by atoms with Crippen molar-refractivity contribution in [1.82, 2.24) is 5.32 Å². The number of aliphatic hydroxyl groups excluding tert-OH is 1. The van der Waals surface area contributed by atoms with Gasteiger partial charge in [0.25, 0.3) is 10.1 Å². The van der Waals surface area contributed by atoms with Crippen molar-refractivity contribution in [2.45, 2.75) is 12.5 Å². The maximum absolute atomic E-state index is 10.9. The molecule has 1 unspecified atom stereocenters. The number of hydrogen-bond donors (Lipinski definition) is 3. The van der Waals surface area contributed by atoms with Crippen LogP contribution in [-0.4, -0.2) is 74.1 Å². The standard InChI is InChI=1S/C11H22N2O5S/c1-4-11(15)12-6-5-7-13(2,3)8-10(14)9-19(16,17)18/h4,10,14H,1,5-9H2,2-3H3,(H-,12,15,16,17,18)/p+1. The van der Waals surface area contributed by atoms with Crippen molar-refractivity contribution in [3.8, 4) is 0 Å². The molecule has 1 atom stereocenters. The molecule has 0 spiro atoms. The van der Waals surface area contributed by atoms with Crippen LogP contribution in [0, 0.1) is 0 Å². The molecule has 0 heterocycles. The summed E-state index contributed by atoms with van der Waals surface area (Å²) in [6.45, 7) is 4.68. The molecular weight excluding hydrogens is 272 g/mol. The predicted octanol–water partition coefficient (Wildman–Crippen LogP) is -0.996. The second kappa shape index (κ2) is 7.59. The lowest BCUT2D eigenvalue weighted by atomic mass is 10.3. The number of aliphatic hydroxyl groups is 1. The van der Waals surface area contributed by atoms with Gasteiger partial charge in [-0.05, 0) is 6.08 Å². The van der Waals surface area contributed by atoms with Crippen molar-refractivity contribution in [1.29, 1.82) is 0 Å². The third-order valence-electron chi connectivity index (χ3n) is 2.53. The monoisotopic (exact) mass is 295 g/mol. The van der Waals surface area contributed by atoms with Gasteiger partial charge >= 0.3 is 0 Å². The Bertz CT molecular complexity index is 405. The van der Waals surface area contributed by atoms with Crippen LogP contribution in [-0.2, 0) is 14.9 Å². The Morgan fingerprint density at radius 3 is 2.53 bits per heavy atom. The lowest BCUT2D eigenvalue weighted by Crippen LogP contribution is -2.48. The number of carbonyl (C=O) groups is 1. The zero-order valence-corrected chi connectivity index (χ0v) is 12.2. The highest BCUT2D eigenvalue weighted by molar-refractivity contribution is 7.85. The van der Waals surface area contributed by atoms with Crippen molar-refractivity contribution >= 4 is 16.0 Å². The highest BCUT2D eigenvalue weighted by Crippen LogP contribution is 2.03. The van der Waals surface area contributed by atoms with Crippen molar-refractivity contribution in [3.05, 3.63) is 12.7 Å². The van der Waals surface area contributed by atoms with Crippen LogP contribution >= 0.6 is 0 Å². The normalized spacial score (nSPS) is 13.9. The van der Waals surface area contributed by atoms with Crippen molar-refractivity contribution < 1.29 is 27.4 Å². The van der Waals surface area contributed by atoms with E-state index < -0.39 is 22.0 Å². The molecule has 0 aromatic carbocycles. The number of likely N-dealkylation sites (N-methyl/N-ethyl adjacent to an activating group) is 1. The van der Waals surface area contributed by atoms with Gasteiger partial charge in [0, 0.05) is 13.0 Å². The zero-order valence-electron chi connectivity index (χ0n) is 11.4. The first kappa shape index (κ1) is 18.0. The molecule has 0 saturated heterocycles. The van der Waals surface area contributed by atoms with Crippen molar-refractivity contribution in [3.63, 3.8) is 0 Å². The van der Waals surface area contributed by atoms with Crippen LogP contribution in [0.5, 0.6) is 0 Å². The summed E-state index contributed by atoms with van der Waals surface area (Å²) in [5.41, 5.74) is 0. The summed E-state index contributed by atoms with van der Waals surface area (Å²) in [4.78, 5) is 10.9. The molecule has 0 aliphatic carbocycles. The molecule has 0 aliphatic rings. The largest absolute Gasteiger partial charge is 0.386 e. The molecule has 1 amide bonds. The van der Waals surface area contributed by atoms with Crippen LogP contribution in [0.15, 0.2) is 12.7 Å². The second-order valence-corrected chi connectivity index (χ2v) is 6.59. The molecule has 0 rings (SSSR count). The van der Waals surface area contributed by atoms with Gasteiger partial charge < -0.3 is 14.9 Å². The first-order valence-corrected chi connectivity index (χ1v) is 7.52. The number of quaternary nitrogens is 1. The van der Waals surface area contributed by atoms with Crippen molar-refractivity contribution in [2.24, 2.45) is 0 Å². The predicted molar refractivity (Wildman–Crippen MR) is 72.1 cm³/mol. The van der Waals surface area contributed by atoms with Crippen LogP contribution in [0.2, 0.25) is 0 Å². The molecule has 0 aromatic rings. The molecular formula is C11H23N2O5S+. The molecule has 8 heteroatoms. The van der Waals surface area contributed by atoms with Gasteiger partial charge in [0.15, 0.2) is 0 Å². The summed E-state index contributed by atoms with van der Waals surface area (Å²) in [6.07, 6.45) is 0.758. The Hall–Kier alpha value is -0.960. The quantitative estimate of drug-likeness (QED) is 0.219. The van der Waals surface area contributed by atoms with Crippen LogP contribution < -0.4 is 5.32 Å². The van der Waals surface area contributed by atoms with E-state index in [0.717, 1.165) is 0 Å². The first-order chi connectivity index (χ1) is 8.56. The minimum atomic E-state index is -4.16. The summed E-state index contributed by atoms with van der Waals surface area (Å²) in [5, 5.41) is 12.2. The van der Waals surface area contributed by atoms with Gasteiger partial charge in [-0.1, -0.05) is 6.58 Å². The van der Waals surface area contributed by atoms with E-state index in [1.807, 2.05) is 14.1 Å². The summed E-state index contributed by atoms with van der Waals surface area (Å²) < 4.78 is 30.3. The Morgan fingerprint density at radius 2 is 2.05 bits per heavy atom. The minimum absolute atomic E-state index is 0.204. The van der Waals surface area contributed by atoms with Gasteiger partial charge in [-0.25, -0.2) is 0 Å².